The number of hydrogen-bond donors (Lipinski definition) is 1. The van der Waals surface area contributed by atoms with Crippen LogP contribution < -0.4 is 5.32 Å². The SMILES string of the molecule is COCC(C)(C)C1OC1(C)CNC(=O)CCN1C(=O)C=CC1=O. The van der Waals surface area contributed by atoms with E-state index in [0.717, 1.165) is 4.90 Å². The van der Waals surface area contributed by atoms with Gasteiger partial charge in [-0.2, -0.15) is 0 Å². The summed E-state index contributed by atoms with van der Waals surface area (Å²) in [7, 11) is 1.65. The van der Waals surface area contributed by atoms with Gasteiger partial charge in [-0.3, -0.25) is 19.3 Å². The highest BCUT2D eigenvalue weighted by atomic mass is 16.6. The summed E-state index contributed by atoms with van der Waals surface area (Å²) in [6.45, 7) is 7.13. The van der Waals surface area contributed by atoms with E-state index in [1.165, 1.54) is 12.2 Å². The van der Waals surface area contributed by atoms with E-state index in [1.54, 1.807) is 7.11 Å². The Morgan fingerprint density at radius 3 is 2.57 bits per heavy atom. The topological polar surface area (TPSA) is 88.2 Å². The summed E-state index contributed by atoms with van der Waals surface area (Å²) in [5.74, 6) is -0.958. The van der Waals surface area contributed by atoms with Crippen molar-refractivity contribution in [3.63, 3.8) is 0 Å². The zero-order chi connectivity index (χ0) is 17.3. The van der Waals surface area contributed by atoms with Crippen molar-refractivity contribution in [2.24, 2.45) is 5.41 Å². The van der Waals surface area contributed by atoms with Gasteiger partial charge in [0.15, 0.2) is 0 Å². The minimum Gasteiger partial charge on any atom is -0.384 e. The number of carbonyl (C=O) groups is 3. The number of methoxy groups -OCH3 is 1. The Labute approximate surface area is 136 Å². The first kappa shape index (κ1) is 17.6. The first-order chi connectivity index (χ1) is 10.7. The Kier molecular flexibility index (Phi) is 4.91. The van der Waals surface area contributed by atoms with Crippen LogP contribution in [0.15, 0.2) is 12.2 Å². The minimum atomic E-state index is -0.404. The standard InChI is InChI=1S/C16H24N2O5/c1-15(2,10-22-4)14-16(3,23-14)9-17-11(19)7-8-18-12(20)5-6-13(18)21/h5-6,14H,7-10H2,1-4H3,(H,17,19). The maximum Gasteiger partial charge on any atom is 0.253 e. The molecule has 0 bridgehead atoms. The van der Waals surface area contributed by atoms with Crippen molar-refractivity contribution in [1.82, 2.24) is 10.2 Å². The molecule has 0 aromatic carbocycles. The Morgan fingerprint density at radius 2 is 2.00 bits per heavy atom. The third-order valence-electron chi connectivity index (χ3n) is 4.21. The van der Waals surface area contributed by atoms with Crippen LogP contribution in [0.4, 0.5) is 0 Å². The van der Waals surface area contributed by atoms with Crippen LogP contribution in [0.3, 0.4) is 0 Å². The van der Waals surface area contributed by atoms with Crippen molar-refractivity contribution in [2.45, 2.75) is 38.9 Å². The molecule has 2 aliphatic heterocycles. The van der Waals surface area contributed by atoms with Gasteiger partial charge in [0, 0.05) is 44.2 Å². The molecule has 0 aliphatic carbocycles. The van der Waals surface area contributed by atoms with Crippen LogP contribution in [0.25, 0.3) is 0 Å². The van der Waals surface area contributed by atoms with Gasteiger partial charge in [-0.15, -0.1) is 0 Å². The van der Waals surface area contributed by atoms with Crippen LogP contribution in [0.1, 0.15) is 27.2 Å². The molecule has 0 aromatic rings. The molecule has 1 fully saturated rings. The molecule has 1 N–H and O–H groups in total. The molecule has 2 atom stereocenters. The number of imide groups is 1. The first-order valence-electron chi connectivity index (χ1n) is 7.66. The predicted molar refractivity (Wildman–Crippen MR) is 82.4 cm³/mol. The molecule has 23 heavy (non-hydrogen) atoms. The molecule has 128 valence electrons. The van der Waals surface area contributed by atoms with E-state index in [-0.39, 0.29) is 42.2 Å². The number of amides is 3. The molecule has 1 saturated heterocycles. The molecular formula is C16H24N2O5. The molecule has 3 amide bonds. The van der Waals surface area contributed by atoms with Crippen LogP contribution in [0, 0.1) is 5.41 Å². The second kappa shape index (κ2) is 6.41. The first-order valence-corrected chi connectivity index (χ1v) is 7.66. The van der Waals surface area contributed by atoms with Crippen molar-refractivity contribution in [2.75, 3.05) is 26.8 Å². The minimum absolute atomic E-state index is 0.0150. The van der Waals surface area contributed by atoms with Crippen LogP contribution in [0.5, 0.6) is 0 Å². The molecule has 2 aliphatic rings. The van der Waals surface area contributed by atoms with Crippen LogP contribution in [0.2, 0.25) is 0 Å². The van der Waals surface area contributed by atoms with E-state index < -0.39 is 5.60 Å². The van der Waals surface area contributed by atoms with Crippen LogP contribution in [-0.4, -0.2) is 61.1 Å². The molecule has 2 heterocycles. The van der Waals surface area contributed by atoms with Crippen molar-refractivity contribution >= 4 is 17.7 Å². The third kappa shape index (κ3) is 3.97. The molecule has 7 heteroatoms. The lowest BCUT2D eigenvalue weighted by atomic mass is 9.84. The molecule has 0 radical (unpaired) electrons. The summed E-state index contributed by atoms with van der Waals surface area (Å²) in [5.41, 5.74) is -0.535. The highest BCUT2D eigenvalue weighted by Gasteiger charge is 2.59. The number of epoxide rings is 1. The predicted octanol–water partition coefficient (Wildman–Crippen LogP) is 0.248. The lowest BCUT2D eigenvalue weighted by Gasteiger charge is -2.23. The molecule has 0 saturated carbocycles. The average molecular weight is 324 g/mol. The Hall–Kier alpha value is -1.73. The van der Waals surface area contributed by atoms with Crippen molar-refractivity contribution < 1.29 is 23.9 Å². The Balaban J connectivity index is 1.73. The zero-order valence-corrected chi connectivity index (χ0v) is 14.0. The Morgan fingerprint density at radius 1 is 1.39 bits per heavy atom. The third-order valence-corrected chi connectivity index (χ3v) is 4.21. The molecule has 2 rings (SSSR count). The van der Waals surface area contributed by atoms with E-state index in [4.69, 9.17) is 9.47 Å². The highest BCUT2D eigenvalue weighted by molar-refractivity contribution is 6.13. The second-order valence-corrected chi connectivity index (χ2v) is 6.92. The summed E-state index contributed by atoms with van der Waals surface area (Å²) < 4.78 is 11.0. The summed E-state index contributed by atoms with van der Waals surface area (Å²) in [5, 5.41) is 2.81. The van der Waals surface area contributed by atoms with Crippen molar-refractivity contribution in [3.05, 3.63) is 12.2 Å². The number of carbonyl (C=O) groups excluding carboxylic acids is 3. The second-order valence-electron chi connectivity index (χ2n) is 6.92. The molecule has 0 aromatic heterocycles. The number of ether oxygens (including phenoxy) is 2. The van der Waals surface area contributed by atoms with Gasteiger partial charge in [-0.25, -0.2) is 0 Å². The normalized spacial score (nSPS) is 26.8. The lowest BCUT2D eigenvalue weighted by Crippen LogP contribution is -2.40. The average Bonchev–Trinajstić information content (AvgIpc) is 3.07. The summed E-state index contributed by atoms with van der Waals surface area (Å²) >= 11 is 0. The smallest absolute Gasteiger partial charge is 0.253 e. The fourth-order valence-electron chi connectivity index (χ4n) is 3.03. The van der Waals surface area contributed by atoms with Gasteiger partial charge in [-0.05, 0) is 6.92 Å². The van der Waals surface area contributed by atoms with Crippen molar-refractivity contribution in [1.29, 1.82) is 0 Å². The van der Waals surface area contributed by atoms with E-state index in [1.807, 2.05) is 6.92 Å². The summed E-state index contributed by atoms with van der Waals surface area (Å²) in [4.78, 5) is 35.8. The van der Waals surface area contributed by atoms with Crippen molar-refractivity contribution in [3.8, 4) is 0 Å². The quantitative estimate of drug-likeness (QED) is 0.511. The lowest BCUT2D eigenvalue weighted by molar-refractivity contribution is -0.137. The number of nitrogens with zero attached hydrogens (tertiary/aromatic N) is 1. The van der Waals surface area contributed by atoms with Crippen LogP contribution in [-0.2, 0) is 23.9 Å². The van der Waals surface area contributed by atoms with Gasteiger partial charge < -0.3 is 14.8 Å². The number of nitrogens with one attached hydrogen (secondary N) is 1. The van der Waals surface area contributed by atoms with E-state index in [9.17, 15) is 14.4 Å². The molecule has 0 spiro atoms. The highest BCUT2D eigenvalue weighted by Crippen LogP contribution is 2.47. The van der Waals surface area contributed by atoms with E-state index >= 15 is 0 Å². The summed E-state index contributed by atoms with van der Waals surface area (Å²) in [6, 6.07) is 0. The van der Waals surface area contributed by atoms with Gasteiger partial charge in [0.1, 0.15) is 5.60 Å². The maximum atomic E-state index is 11.9. The zero-order valence-electron chi connectivity index (χ0n) is 14.0. The monoisotopic (exact) mass is 324 g/mol. The maximum absolute atomic E-state index is 11.9. The van der Waals surface area contributed by atoms with Crippen LogP contribution >= 0.6 is 0 Å². The fraction of sp³-hybridized carbons (Fsp3) is 0.688. The van der Waals surface area contributed by atoms with Gasteiger partial charge in [0.05, 0.1) is 12.7 Å². The van der Waals surface area contributed by atoms with Gasteiger partial charge in [-0.1, -0.05) is 13.8 Å². The van der Waals surface area contributed by atoms with Gasteiger partial charge in [0.2, 0.25) is 5.91 Å². The fourth-order valence-corrected chi connectivity index (χ4v) is 3.03. The van der Waals surface area contributed by atoms with Gasteiger partial charge in [0.25, 0.3) is 11.8 Å². The molecule has 2 unspecified atom stereocenters. The summed E-state index contributed by atoms with van der Waals surface area (Å²) in [6.07, 6.45) is 2.52. The Bertz CT molecular complexity index is 525. The van der Waals surface area contributed by atoms with Gasteiger partial charge >= 0.3 is 0 Å². The number of hydrogen-bond acceptors (Lipinski definition) is 5. The number of rotatable bonds is 8. The molecule has 7 nitrogen and oxygen atoms in total. The molecular weight excluding hydrogens is 300 g/mol. The van der Waals surface area contributed by atoms with E-state index in [2.05, 4.69) is 19.2 Å². The van der Waals surface area contributed by atoms with E-state index in [0.29, 0.717) is 13.2 Å². The largest absolute Gasteiger partial charge is 0.384 e.